The molecule has 0 spiro atoms. The molecule has 0 radical (unpaired) electrons. The summed E-state index contributed by atoms with van der Waals surface area (Å²) in [7, 11) is -3.03. The van der Waals surface area contributed by atoms with Gasteiger partial charge in [0, 0.05) is 24.9 Å². The third-order valence-corrected chi connectivity index (χ3v) is 3.54. The summed E-state index contributed by atoms with van der Waals surface area (Å²) in [6.07, 6.45) is 1.20. The molecular formula is C13H19NO3S. The first-order valence-electron chi connectivity index (χ1n) is 5.93. The molecule has 0 heterocycles. The number of sulfone groups is 1. The van der Waals surface area contributed by atoms with Crippen molar-refractivity contribution in [3.05, 3.63) is 35.4 Å². The van der Waals surface area contributed by atoms with Gasteiger partial charge in [-0.1, -0.05) is 12.1 Å². The second-order valence-electron chi connectivity index (χ2n) is 4.24. The predicted molar refractivity (Wildman–Crippen MR) is 72.2 cm³/mol. The summed E-state index contributed by atoms with van der Waals surface area (Å²) >= 11 is 0. The SMILES string of the molecule is CCN(CC)C(=O)c1ccc(CS(C)(=O)=O)cc1. The molecule has 18 heavy (non-hydrogen) atoms. The lowest BCUT2D eigenvalue weighted by atomic mass is 10.1. The zero-order chi connectivity index (χ0) is 13.8. The van der Waals surface area contributed by atoms with Crippen LogP contribution in [0.5, 0.6) is 0 Å². The van der Waals surface area contributed by atoms with Crippen molar-refractivity contribution in [3.63, 3.8) is 0 Å². The Morgan fingerprint density at radius 3 is 2.00 bits per heavy atom. The molecule has 1 aromatic carbocycles. The van der Waals surface area contributed by atoms with Gasteiger partial charge in [0.2, 0.25) is 0 Å². The van der Waals surface area contributed by atoms with E-state index >= 15 is 0 Å². The van der Waals surface area contributed by atoms with Gasteiger partial charge in [0.1, 0.15) is 0 Å². The van der Waals surface area contributed by atoms with Crippen LogP contribution in [0.3, 0.4) is 0 Å². The summed E-state index contributed by atoms with van der Waals surface area (Å²) in [6, 6.07) is 6.75. The second-order valence-corrected chi connectivity index (χ2v) is 6.38. The van der Waals surface area contributed by atoms with Crippen molar-refractivity contribution in [2.45, 2.75) is 19.6 Å². The maximum atomic E-state index is 12.0. The van der Waals surface area contributed by atoms with Crippen LogP contribution in [-0.2, 0) is 15.6 Å². The molecular weight excluding hydrogens is 250 g/mol. The quantitative estimate of drug-likeness (QED) is 0.817. The lowest BCUT2D eigenvalue weighted by molar-refractivity contribution is 0.0773. The van der Waals surface area contributed by atoms with Crippen LogP contribution in [0.15, 0.2) is 24.3 Å². The smallest absolute Gasteiger partial charge is 0.253 e. The Hall–Kier alpha value is -1.36. The van der Waals surface area contributed by atoms with E-state index in [1.54, 1.807) is 29.2 Å². The standard InChI is InChI=1S/C13H19NO3S/c1-4-14(5-2)13(15)12-8-6-11(7-9-12)10-18(3,16)17/h6-9H,4-5,10H2,1-3H3. The van der Waals surface area contributed by atoms with Crippen LogP contribution in [0.1, 0.15) is 29.8 Å². The molecule has 0 saturated heterocycles. The number of carbonyl (C=O) groups excluding carboxylic acids is 1. The maximum Gasteiger partial charge on any atom is 0.253 e. The highest BCUT2D eigenvalue weighted by molar-refractivity contribution is 7.89. The molecule has 0 unspecified atom stereocenters. The zero-order valence-electron chi connectivity index (χ0n) is 11.0. The van der Waals surface area contributed by atoms with Gasteiger partial charge in [-0.25, -0.2) is 8.42 Å². The lowest BCUT2D eigenvalue weighted by Crippen LogP contribution is -2.30. The van der Waals surface area contributed by atoms with Crippen LogP contribution in [0.2, 0.25) is 0 Å². The van der Waals surface area contributed by atoms with Crippen LogP contribution in [-0.4, -0.2) is 38.6 Å². The molecule has 5 heteroatoms. The number of hydrogen-bond acceptors (Lipinski definition) is 3. The molecule has 0 atom stereocenters. The molecule has 0 bridgehead atoms. The minimum atomic E-state index is -3.03. The fraction of sp³-hybridized carbons (Fsp3) is 0.462. The van der Waals surface area contributed by atoms with E-state index < -0.39 is 9.84 Å². The Morgan fingerprint density at radius 1 is 1.11 bits per heavy atom. The van der Waals surface area contributed by atoms with Gasteiger partial charge in [-0.3, -0.25) is 4.79 Å². The fourth-order valence-electron chi connectivity index (χ4n) is 1.74. The normalized spacial score (nSPS) is 11.3. The molecule has 100 valence electrons. The van der Waals surface area contributed by atoms with Gasteiger partial charge in [0.15, 0.2) is 9.84 Å². The van der Waals surface area contributed by atoms with E-state index in [1.165, 1.54) is 6.26 Å². The first kappa shape index (κ1) is 14.7. The number of nitrogens with zero attached hydrogens (tertiary/aromatic N) is 1. The summed E-state index contributed by atoms with van der Waals surface area (Å²) in [5.74, 6) is -0.0156. The van der Waals surface area contributed by atoms with Gasteiger partial charge >= 0.3 is 0 Å². The van der Waals surface area contributed by atoms with Crippen molar-refractivity contribution in [3.8, 4) is 0 Å². The van der Waals surface area contributed by atoms with E-state index in [1.807, 2.05) is 13.8 Å². The number of rotatable bonds is 5. The van der Waals surface area contributed by atoms with Gasteiger partial charge in [0.25, 0.3) is 5.91 Å². The van der Waals surface area contributed by atoms with Crippen LogP contribution in [0, 0.1) is 0 Å². The monoisotopic (exact) mass is 269 g/mol. The first-order chi connectivity index (χ1) is 8.37. The summed E-state index contributed by atoms with van der Waals surface area (Å²) < 4.78 is 22.3. The Balaban J connectivity index is 2.86. The highest BCUT2D eigenvalue weighted by atomic mass is 32.2. The van der Waals surface area contributed by atoms with Crippen LogP contribution in [0.4, 0.5) is 0 Å². The molecule has 0 aromatic heterocycles. The topological polar surface area (TPSA) is 54.5 Å². The Bertz CT molecular complexity index is 502. The largest absolute Gasteiger partial charge is 0.339 e. The van der Waals surface area contributed by atoms with Crippen LogP contribution >= 0.6 is 0 Å². The van der Waals surface area contributed by atoms with E-state index in [0.29, 0.717) is 24.2 Å². The van der Waals surface area contributed by atoms with Crippen molar-refractivity contribution in [1.82, 2.24) is 4.90 Å². The van der Waals surface area contributed by atoms with E-state index in [0.717, 1.165) is 0 Å². The third kappa shape index (κ3) is 4.14. The fourth-order valence-corrected chi connectivity index (χ4v) is 2.54. The summed E-state index contributed by atoms with van der Waals surface area (Å²) in [5.41, 5.74) is 1.30. The highest BCUT2D eigenvalue weighted by Gasteiger charge is 2.12. The first-order valence-corrected chi connectivity index (χ1v) is 7.99. The summed E-state index contributed by atoms with van der Waals surface area (Å²) in [6.45, 7) is 5.19. The zero-order valence-corrected chi connectivity index (χ0v) is 11.8. The van der Waals surface area contributed by atoms with E-state index in [2.05, 4.69) is 0 Å². The molecule has 1 rings (SSSR count). The predicted octanol–water partition coefficient (Wildman–Crippen LogP) is 1.71. The number of amides is 1. The summed E-state index contributed by atoms with van der Waals surface area (Å²) in [4.78, 5) is 13.7. The third-order valence-electron chi connectivity index (χ3n) is 2.68. The van der Waals surface area contributed by atoms with E-state index in [-0.39, 0.29) is 11.7 Å². The van der Waals surface area contributed by atoms with Crippen LogP contribution in [0.25, 0.3) is 0 Å². The Kier molecular flexibility index (Phi) is 4.90. The summed E-state index contributed by atoms with van der Waals surface area (Å²) in [5, 5.41) is 0. The molecule has 0 aliphatic carbocycles. The maximum absolute atomic E-state index is 12.0. The van der Waals surface area contributed by atoms with Crippen molar-refractivity contribution in [2.24, 2.45) is 0 Å². The molecule has 4 nitrogen and oxygen atoms in total. The highest BCUT2D eigenvalue weighted by Crippen LogP contribution is 2.10. The van der Waals surface area contributed by atoms with Crippen molar-refractivity contribution < 1.29 is 13.2 Å². The lowest BCUT2D eigenvalue weighted by Gasteiger charge is -2.18. The molecule has 0 fully saturated rings. The average Bonchev–Trinajstić information content (AvgIpc) is 2.29. The van der Waals surface area contributed by atoms with Crippen molar-refractivity contribution >= 4 is 15.7 Å². The molecule has 0 aliphatic heterocycles. The molecule has 1 aromatic rings. The number of carbonyl (C=O) groups is 1. The van der Waals surface area contributed by atoms with Gasteiger partial charge in [-0.2, -0.15) is 0 Å². The minimum absolute atomic E-state index is 0.00669. The second kappa shape index (κ2) is 6.00. The molecule has 0 N–H and O–H groups in total. The van der Waals surface area contributed by atoms with Gasteiger partial charge in [-0.05, 0) is 31.5 Å². The van der Waals surface area contributed by atoms with E-state index in [9.17, 15) is 13.2 Å². The molecule has 1 amide bonds. The molecule has 0 saturated carbocycles. The molecule has 0 aliphatic rings. The number of benzene rings is 1. The average molecular weight is 269 g/mol. The van der Waals surface area contributed by atoms with Gasteiger partial charge in [-0.15, -0.1) is 0 Å². The van der Waals surface area contributed by atoms with E-state index in [4.69, 9.17) is 0 Å². The van der Waals surface area contributed by atoms with Gasteiger partial charge in [0.05, 0.1) is 5.75 Å². The minimum Gasteiger partial charge on any atom is -0.339 e. The Labute approximate surface area is 109 Å². The van der Waals surface area contributed by atoms with Crippen LogP contribution < -0.4 is 0 Å². The number of hydrogen-bond donors (Lipinski definition) is 0. The van der Waals surface area contributed by atoms with Crippen molar-refractivity contribution in [1.29, 1.82) is 0 Å². The van der Waals surface area contributed by atoms with Gasteiger partial charge < -0.3 is 4.90 Å². The van der Waals surface area contributed by atoms with Crippen molar-refractivity contribution in [2.75, 3.05) is 19.3 Å². The Morgan fingerprint density at radius 2 is 1.61 bits per heavy atom.